The van der Waals surface area contributed by atoms with Crippen LogP contribution < -0.4 is 0 Å². The number of aromatic nitrogens is 2. The molecule has 1 aromatic carbocycles. The fourth-order valence-electron chi connectivity index (χ4n) is 2.82. The van der Waals surface area contributed by atoms with Crippen molar-refractivity contribution in [3.8, 4) is 0 Å². The minimum atomic E-state index is 0.0620. The lowest BCUT2D eigenvalue weighted by Crippen LogP contribution is -2.38. The maximum atomic E-state index is 12.5. The summed E-state index contributed by atoms with van der Waals surface area (Å²) < 4.78 is 0. The van der Waals surface area contributed by atoms with Gasteiger partial charge in [0, 0.05) is 18.5 Å². The highest BCUT2D eigenvalue weighted by Crippen LogP contribution is 2.23. The summed E-state index contributed by atoms with van der Waals surface area (Å²) in [5, 5.41) is 8.05. The van der Waals surface area contributed by atoms with Crippen molar-refractivity contribution in [1.29, 1.82) is 0 Å². The van der Waals surface area contributed by atoms with Crippen molar-refractivity contribution < 1.29 is 4.79 Å². The predicted molar refractivity (Wildman–Crippen MR) is 75.0 cm³/mol. The van der Waals surface area contributed by atoms with Crippen LogP contribution in [0.15, 0.2) is 24.3 Å². The SMILES string of the molecule is CCC1CCN(C(=O)c2n[nH]c3ccccc23)CC1. The number of hydrogen-bond acceptors (Lipinski definition) is 2. The van der Waals surface area contributed by atoms with Crippen LogP contribution in [-0.4, -0.2) is 34.1 Å². The molecular weight excluding hydrogens is 238 g/mol. The predicted octanol–water partition coefficient (Wildman–Crippen LogP) is 2.83. The third kappa shape index (κ3) is 2.23. The molecule has 1 aromatic heterocycles. The van der Waals surface area contributed by atoms with E-state index in [0.29, 0.717) is 5.69 Å². The number of nitrogens with zero attached hydrogens (tertiary/aromatic N) is 2. The molecule has 0 aliphatic carbocycles. The Labute approximate surface area is 112 Å². The topological polar surface area (TPSA) is 49.0 Å². The van der Waals surface area contributed by atoms with Crippen LogP contribution in [-0.2, 0) is 0 Å². The molecule has 0 saturated carbocycles. The van der Waals surface area contributed by atoms with Crippen molar-refractivity contribution in [2.45, 2.75) is 26.2 Å². The number of carbonyl (C=O) groups is 1. The smallest absolute Gasteiger partial charge is 0.274 e. The number of piperidine rings is 1. The van der Waals surface area contributed by atoms with E-state index in [-0.39, 0.29) is 5.91 Å². The fourth-order valence-corrected chi connectivity index (χ4v) is 2.82. The van der Waals surface area contributed by atoms with Crippen molar-refractivity contribution in [2.75, 3.05) is 13.1 Å². The molecule has 1 N–H and O–H groups in total. The van der Waals surface area contributed by atoms with Crippen molar-refractivity contribution in [3.05, 3.63) is 30.0 Å². The van der Waals surface area contributed by atoms with Gasteiger partial charge in [-0.25, -0.2) is 0 Å². The monoisotopic (exact) mass is 257 g/mol. The van der Waals surface area contributed by atoms with Crippen LogP contribution in [0, 0.1) is 5.92 Å². The Bertz CT molecular complexity index is 582. The lowest BCUT2D eigenvalue weighted by Gasteiger charge is -2.31. The number of aromatic amines is 1. The van der Waals surface area contributed by atoms with Crippen molar-refractivity contribution in [3.63, 3.8) is 0 Å². The van der Waals surface area contributed by atoms with Crippen LogP contribution in [0.5, 0.6) is 0 Å². The van der Waals surface area contributed by atoms with Gasteiger partial charge in [-0.1, -0.05) is 31.5 Å². The molecular formula is C15H19N3O. The number of hydrogen-bond donors (Lipinski definition) is 1. The van der Waals surface area contributed by atoms with Crippen LogP contribution in [0.4, 0.5) is 0 Å². The normalized spacial score (nSPS) is 17.0. The van der Waals surface area contributed by atoms with Gasteiger partial charge in [0.2, 0.25) is 0 Å². The molecule has 3 rings (SSSR count). The molecule has 2 heterocycles. The van der Waals surface area contributed by atoms with Crippen LogP contribution in [0.25, 0.3) is 10.9 Å². The number of amides is 1. The minimum Gasteiger partial charge on any atom is -0.337 e. The van der Waals surface area contributed by atoms with E-state index in [9.17, 15) is 4.79 Å². The van der Waals surface area contributed by atoms with Crippen molar-refractivity contribution in [1.82, 2.24) is 15.1 Å². The number of para-hydroxylation sites is 1. The Morgan fingerprint density at radius 3 is 2.84 bits per heavy atom. The minimum absolute atomic E-state index is 0.0620. The number of carbonyl (C=O) groups excluding carboxylic acids is 1. The molecule has 4 heteroatoms. The quantitative estimate of drug-likeness (QED) is 0.899. The maximum absolute atomic E-state index is 12.5. The van der Waals surface area contributed by atoms with E-state index in [2.05, 4.69) is 17.1 Å². The largest absolute Gasteiger partial charge is 0.337 e. The number of fused-ring (bicyclic) bond motifs is 1. The van der Waals surface area contributed by atoms with E-state index in [1.54, 1.807) is 0 Å². The summed E-state index contributed by atoms with van der Waals surface area (Å²) in [7, 11) is 0. The number of benzene rings is 1. The first-order valence-electron chi connectivity index (χ1n) is 7.02. The van der Waals surface area contributed by atoms with Gasteiger partial charge >= 0.3 is 0 Å². The highest BCUT2D eigenvalue weighted by molar-refractivity contribution is 6.04. The molecule has 19 heavy (non-hydrogen) atoms. The van der Waals surface area contributed by atoms with Gasteiger partial charge in [0.1, 0.15) is 0 Å². The third-order valence-electron chi connectivity index (χ3n) is 4.15. The molecule has 1 aliphatic heterocycles. The fraction of sp³-hybridized carbons (Fsp3) is 0.467. The zero-order valence-electron chi connectivity index (χ0n) is 11.2. The van der Waals surface area contributed by atoms with E-state index < -0.39 is 0 Å². The van der Waals surface area contributed by atoms with Crippen LogP contribution in [0.2, 0.25) is 0 Å². The molecule has 4 nitrogen and oxygen atoms in total. The summed E-state index contributed by atoms with van der Waals surface area (Å²) in [6, 6.07) is 7.78. The second-order valence-corrected chi connectivity index (χ2v) is 5.26. The zero-order chi connectivity index (χ0) is 13.2. The molecule has 0 atom stereocenters. The molecule has 0 bridgehead atoms. The first-order valence-corrected chi connectivity index (χ1v) is 7.02. The average molecular weight is 257 g/mol. The van der Waals surface area contributed by atoms with E-state index >= 15 is 0 Å². The number of rotatable bonds is 2. The van der Waals surface area contributed by atoms with Gasteiger partial charge < -0.3 is 4.90 Å². The molecule has 2 aromatic rings. The Balaban J connectivity index is 1.81. The number of nitrogens with one attached hydrogen (secondary N) is 1. The zero-order valence-corrected chi connectivity index (χ0v) is 11.2. The Morgan fingerprint density at radius 1 is 1.37 bits per heavy atom. The molecule has 0 radical (unpaired) electrons. The molecule has 0 unspecified atom stereocenters. The lowest BCUT2D eigenvalue weighted by molar-refractivity contribution is 0.0685. The number of likely N-dealkylation sites (tertiary alicyclic amines) is 1. The van der Waals surface area contributed by atoms with Gasteiger partial charge in [-0.15, -0.1) is 0 Å². The van der Waals surface area contributed by atoms with Gasteiger partial charge in [0.25, 0.3) is 5.91 Å². The Morgan fingerprint density at radius 2 is 2.11 bits per heavy atom. The summed E-state index contributed by atoms with van der Waals surface area (Å²) in [6.07, 6.45) is 3.45. The first kappa shape index (κ1) is 12.2. The van der Waals surface area contributed by atoms with E-state index in [4.69, 9.17) is 0 Å². The summed E-state index contributed by atoms with van der Waals surface area (Å²) in [6.45, 7) is 3.94. The summed E-state index contributed by atoms with van der Waals surface area (Å²) in [5.74, 6) is 0.840. The van der Waals surface area contributed by atoms with Gasteiger partial charge in [-0.05, 0) is 24.8 Å². The average Bonchev–Trinajstić information content (AvgIpc) is 2.90. The molecule has 1 aliphatic rings. The van der Waals surface area contributed by atoms with Crippen LogP contribution in [0.1, 0.15) is 36.7 Å². The molecule has 1 saturated heterocycles. The summed E-state index contributed by atoms with van der Waals surface area (Å²) in [5.41, 5.74) is 1.49. The lowest BCUT2D eigenvalue weighted by atomic mass is 9.94. The summed E-state index contributed by atoms with van der Waals surface area (Å²) >= 11 is 0. The number of H-pyrrole nitrogens is 1. The molecule has 100 valence electrons. The second kappa shape index (κ2) is 5.03. The van der Waals surface area contributed by atoms with E-state index in [1.807, 2.05) is 29.2 Å². The van der Waals surface area contributed by atoms with Gasteiger partial charge in [-0.3, -0.25) is 9.89 Å². The maximum Gasteiger partial charge on any atom is 0.274 e. The van der Waals surface area contributed by atoms with Crippen molar-refractivity contribution in [2.24, 2.45) is 5.92 Å². The Hall–Kier alpha value is -1.84. The van der Waals surface area contributed by atoms with E-state index in [1.165, 1.54) is 6.42 Å². The highest BCUT2D eigenvalue weighted by Gasteiger charge is 2.25. The second-order valence-electron chi connectivity index (χ2n) is 5.26. The Kier molecular flexibility index (Phi) is 3.23. The molecule has 0 spiro atoms. The van der Waals surface area contributed by atoms with Gasteiger partial charge in [0.15, 0.2) is 5.69 Å². The standard InChI is InChI=1S/C15H19N3O/c1-2-11-7-9-18(10-8-11)15(19)14-12-5-3-4-6-13(12)16-17-14/h3-6,11H,2,7-10H2,1H3,(H,16,17). The molecule has 1 amide bonds. The van der Waals surface area contributed by atoms with Crippen LogP contribution in [0.3, 0.4) is 0 Å². The van der Waals surface area contributed by atoms with Gasteiger partial charge in [0.05, 0.1) is 5.52 Å². The first-order chi connectivity index (χ1) is 9.29. The van der Waals surface area contributed by atoms with Gasteiger partial charge in [-0.2, -0.15) is 5.10 Å². The van der Waals surface area contributed by atoms with E-state index in [0.717, 1.165) is 42.8 Å². The third-order valence-corrected chi connectivity index (χ3v) is 4.15. The van der Waals surface area contributed by atoms with Crippen LogP contribution >= 0.6 is 0 Å². The summed E-state index contributed by atoms with van der Waals surface area (Å²) in [4.78, 5) is 14.5. The van der Waals surface area contributed by atoms with Crippen molar-refractivity contribution >= 4 is 16.8 Å². The molecule has 1 fully saturated rings. The highest BCUT2D eigenvalue weighted by atomic mass is 16.2.